The number of thioether (sulfide) groups is 1. The van der Waals surface area contributed by atoms with Crippen LogP contribution in [0.5, 0.6) is 0 Å². The minimum atomic E-state index is 0.411. The van der Waals surface area contributed by atoms with Crippen LogP contribution in [0.3, 0.4) is 0 Å². The Balaban J connectivity index is 2.09. The highest BCUT2D eigenvalue weighted by atomic mass is 35.5. The van der Waals surface area contributed by atoms with Gasteiger partial charge in [0.1, 0.15) is 11.3 Å². The van der Waals surface area contributed by atoms with Crippen LogP contribution in [-0.2, 0) is 5.88 Å². The van der Waals surface area contributed by atoms with Gasteiger partial charge in [0.05, 0.1) is 10.9 Å². The molecular formula is C14H17Cl2N3S. The Kier molecular flexibility index (Phi) is 4.43. The van der Waals surface area contributed by atoms with E-state index in [4.69, 9.17) is 23.2 Å². The first kappa shape index (κ1) is 14.5. The fourth-order valence-electron chi connectivity index (χ4n) is 3.06. The minimum absolute atomic E-state index is 0.411. The van der Waals surface area contributed by atoms with E-state index < -0.39 is 0 Å². The molecule has 0 bridgehead atoms. The maximum Gasteiger partial charge on any atom is 0.160 e. The summed E-state index contributed by atoms with van der Waals surface area (Å²) in [4.78, 5) is 9.10. The smallest absolute Gasteiger partial charge is 0.160 e. The molecule has 1 fully saturated rings. The van der Waals surface area contributed by atoms with Crippen LogP contribution in [0.25, 0.3) is 11.2 Å². The molecule has 1 aliphatic carbocycles. The Bertz CT molecular complexity index is 614. The Morgan fingerprint density at radius 1 is 1.45 bits per heavy atom. The van der Waals surface area contributed by atoms with E-state index in [1.54, 1.807) is 6.20 Å². The van der Waals surface area contributed by atoms with Crippen molar-refractivity contribution in [3.63, 3.8) is 0 Å². The molecule has 2 unspecified atom stereocenters. The summed E-state index contributed by atoms with van der Waals surface area (Å²) in [7, 11) is 0. The third-order valence-corrected chi connectivity index (χ3v) is 5.58. The van der Waals surface area contributed by atoms with Crippen LogP contribution in [-0.4, -0.2) is 25.5 Å². The number of alkyl halides is 1. The molecule has 0 amide bonds. The second-order valence-electron chi connectivity index (χ2n) is 5.02. The normalized spacial score (nSPS) is 22.8. The molecule has 1 aliphatic rings. The summed E-state index contributed by atoms with van der Waals surface area (Å²) in [5.74, 6) is 2.46. The summed E-state index contributed by atoms with van der Waals surface area (Å²) < 4.78 is 2.25. The summed E-state index contributed by atoms with van der Waals surface area (Å²) in [5, 5.41) is 1.26. The van der Waals surface area contributed by atoms with Gasteiger partial charge in [0.15, 0.2) is 5.65 Å². The monoisotopic (exact) mass is 329 g/mol. The van der Waals surface area contributed by atoms with Gasteiger partial charge in [0.2, 0.25) is 0 Å². The second kappa shape index (κ2) is 6.12. The molecule has 0 aliphatic heterocycles. The summed E-state index contributed by atoms with van der Waals surface area (Å²) >= 11 is 14.1. The molecule has 0 spiro atoms. The van der Waals surface area contributed by atoms with Crippen molar-refractivity contribution in [2.45, 2.75) is 43.4 Å². The number of nitrogens with zero attached hydrogens (tertiary/aromatic N) is 3. The van der Waals surface area contributed by atoms with E-state index in [0.717, 1.165) is 22.7 Å². The zero-order valence-electron chi connectivity index (χ0n) is 11.4. The number of hydrogen-bond donors (Lipinski definition) is 0. The molecule has 0 saturated heterocycles. The quantitative estimate of drug-likeness (QED) is 0.763. The second-order valence-corrected chi connectivity index (χ2v) is 7.24. The van der Waals surface area contributed by atoms with E-state index in [9.17, 15) is 0 Å². The van der Waals surface area contributed by atoms with Crippen LogP contribution < -0.4 is 0 Å². The van der Waals surface area contributed by atoms with Gasteiger partial charge in [-0.25, -0.2) is 9.97 Å². The van der Waals surface area contributed by atoms with Crippen LogP contribution in [0.2, 0.25) is 5.02 Å². The predicted molar refractivity (Wildman–Crippen MR) is 86.9 cm³/mol. The van der Waals surface area contributed by atoms with Crippen molar-refractivity contribution in [2.24, 2.45) is 0 Å². The Labute approximate surface area is 133 Å². The Morgan fingerprint density at radius 3 is 3.05 bits per heavy atom. The van der Waals surface area contributed by atoms with Crippen LogP contribution in [0, 0.1) is 0 Å². The molecule has 0 aromatic carbocycles. The zero-order valence-corrected chi connectivity index (χ0v) is 13.7. The highest BCUT2D eigenvalue weighted by Crippen LogP contribution is 2.40. The van der Waals surface area contributed by atoms with E-state index in [2.05, 4.69) is 21.5 Å². The van der Waals surface area contributed by atoms with Crippen molar-refractivity contribution in [3.05, 3.63) is 23.1 Å². The highest BCUT2D eigenvalue weighted by molar-refractivity contribution is 7.99. The topological polar surface area (TPSA) is 30.7 Å². The third-order valence-electron chi connectivity index (χ3n) is 3.82. The predicted octanol–water partition coefficient (Wildman–Crippen LogP) is 4.67. The fourth-order valence-corrected chi connectivity index (χ4v) is 4.64. The molecule has 2 atom stereocenters. The molecule has 1 saturated carbocycles. The molecule has 6 heteroatoms. The van der Waals surface area contributed by atoms with Crippen molar-refractivity contribution in [1.29, 1.82) is 0 Å². The maximum absolute atomic E-state index is 6.10. The Morgan fingerprint density at radius 2 is 2.30 bits per heavy atom. The number of halogens is 2. The molecule has 0 N–H and O–H groups in total. The van der Waals surface area contributed by atoms with Crippen LogP contribution in [0.4, 0.5) is 0 Å². The van der Waals surface area contributed by atoms with Crippen molar-refractivity contribution in [3.8, 4) is 0 Å². The number of aromatic nitrogens is 3. The number of fused-ring (bicyclic) bond motifs is 1. The lowest BCUT2D eigenvalue weighted by atomic mass is 10.2. The summed E-state index contributed by atoms with van der Waals surface area (Å²) in [6.07, 6.45) is 5.39. The van der Waals surface area contributed by atoms with Gasteiger partial charge >= 0.3 is 0 Å². The highest BCUT2D eigenvalue weighted by Gasteiger charge is 2.31. The molecule has 2 aromatic rings. The average Bonchev–Trinajstić information content (AvgIpc) is 3.01. The van der Waals surface area contributed by atoms with Crippen LogP contribution in [0.15, 0.2) is 12.3 Å². The zero-order chi connectivity index (χ0) is 14.1. The number of rotatable bonds is 4. The largest absolute Gasteiger partial charge is 0.307 e. The lowest BCUT2D eigenvalue weighted by Crippen LogP contribution is -2.18. The van der Waals surface area contributed by atoms with E-state index in [0.29, 0.717) is 22.2 Å². The first-order valence-corrected chi connectivity index (χ1v) is 8.90. The molecule has 2 heterocycles. The van der Waals surface area contributed by atoms with E-state index in [1.807, 2.05) is 17.8 Å². The molecule has 2 aromatic heterocycles. The first-order valence-electron chi connectivity index (χ1n) is 6.94. The van der Waals surface area contributed by atoms with Gasteiger partial charge in [0.25, 0.3) is 0 Å². The van der Waals surface area contributed by atoms with Gasteiger partial charge in [-0.3, -0.25) is 0 Å². The van der Waals surface area contributed by atoms with Crippen molar-refractivity contribution in [2.75, 3.05) is 5.75 Å². The summed E-state index contributed by atoms with van der Waals surface area (Å²) in [5.41, 5.74) is 1.76. The molecule has 3 rings (SSSR count). The molecular weight excluding hydrogens is 313 g/mol. The average molecular weight is 330 g/mol. The van der Waals surface area contributed by atoms with Crippen molar-refractivity contribution in [1.82, 2.24) is 14.5 Å². The van der Waals surface area contributed by atoms with Gasteiger partial charge in [-0.2, -0.15) is 11.8 Å². The molecule has 108 valence electrons. The van der Waals surface area contributed by atoms with Crippen LogP contribution in [0.1, 0.15) is 38.1 Å². The minimum Gasteiger partial charge on any atom is -0.307 e. The van der Waals surface area contributed by atoms with Gasteiger partial charge in [-0.15, -0.1) is 11.6 Å². The third kappa shape index (κ3) is 2.53. The number of pyridine rings is 1. The van der Waals surface area contributed by atoms with E-state index in [-0.39, 0.29) is 0 Å². The first-order chi connectivity index (χ1) is 9.74. The van der Waals surface area contributed by atoms with E-state index >= 15 is 0 Å². The van der Waals surface area contributed by atoms with Crippen molar-refractivity contribution < 1.29 is 0 Å². The van der Waals surface area contributed by atoms with Crippen LogP contribution >= 0.6 is 35.0 Å². The van der Waals surface area contributed by atoms with Gasteiger partial charge < -0.3 is 4.57 Å². The summed E-state index contributed by atoms with van der Waals surface area (Å²) in [6.45, 7) is 2.21. The Hall–Kier alpha value is -0.450. The SMILES string of the molecule is CCSC1CCCC1n1c(CCl)nc2cc(Cl)cnc21. The lowest BCUT2D eigenvalue weighted by Gasteiger charge is -2.22. The van der Waals surface area contributed by atoms with Gasteiger partial charge in [0, 0.05) is 17.5 Å². The maximum atomic E-state index is 6.10. The van der Waals surface area contributed by atoms with Gasteiger partial charge in [-0.1, -0.05) is 24.9 Å². The molecule has 3 nitrogen and oxygen atoms in total. The van der Waals surface area contributed by atoms with Gasteiger partial charge in [-0.05, 0) is 24.7 Å². The van der Waals surface area contributed by atoms with E-state index in [1.165, 1.54) is 19.3 Å². The standard InChI is InChI=1S/C14H17Cl2N3S/c1-2-20-12-5-3-4-11(12)19-13(7-15)18-10-6-9(16)8-17-14(10)19/h6,8,11-12H,2-5,7H2,1H3. The summed E-state index contributed by atoms with van der Waals surface area (Å²) in [6, 6.07) is 2.32. The molecule has 20 heavy (non-hydrogen) atoms. The van der Waals surface area contributed by atoms with Crippen molar-refractivity contribution >= 4 is 46.1 Å². The lowest BCUT2D eigenvalue weighted by molar-refractivity contribution is 0.524. The number of imidazole rings is 1. The fraction of sp³-hybridized carbons (Fsp3) is 0.571. The molecule has 0 radical (unpaired) electrons. The number of hydrogen-bond acceptors (Lipinski definition) is 3.